The molecule has 2 N–H and O–H groups in total. The number of carboxylic acids is 1. The summed E-state index contributed by atoms with van der Waals surface area (Å²) in [4.78, 5) is 23.6. The molecule has 1 unspecified atom stereocenters. The number of para-hydroxylation sites is 1. The highest BCUT2D eigenvalue weighted by molar-refractivity contribution is 5.81. The summed E-state index contributed by atoms with van der Waals surface area (Å²) in [5, 5.41) is 23.4. The minimum absolute atomic E-state index is 0.0179. The molecule has 102 valence electrons. The first-order valence-corrected chi connectivity index (χ1v) is 5.96. The van der Waals surface area contributed by atoms with Gasteiger partial charge in [0.2, 0.25) is 0 Å². The molecule has 1 saturated heterocycles. The van der Waals surface area contributed by atoms with Gasteiger partial charge in [-0.25, -0.2) is 4.79 Å². The van der Waals surface area contributed by atoms with E-state index in [1.165, 1.54) is 0 Å². The van der Waals surface area contributed by atoms with Crippen molar-refractivity contribution in [2.45, 2.75) is 13.0 Å². The van der Waals surface area contributed by atoms with Crippen molar-refractivity contribution in [1.82, 2.24) is 5.32 Å². The fourth-order valence-electron chi connectivity index (χ4n) is 2.33. The highest BCUT2D eigenvalue weighted by atomic mass is 16.6. The Morgan fingerprint density at radius 2 is 2.32 bits per heavy atom. The topological polar surface area (TPSA) is 95.7 Å². The highest BCUT2D eigenvalue weighted by Crippen LogP contribution is 2.32. The van der Waals surface area contributed by atoms with Gasteiger partial charge < -0.3 is 15.3 Å². The predicted molar refractivity (Wildman–Crippen MR) is 69.5 cm³/mol. The first-order chi connectivity index (χ1) is 9.02. The van der Waals surface area contributed by atoms with Gasteiger partial charge in [0.05, 0.1) is 4.92 Å². The molecule has 1 aromatic carbocycles. The van der Waals surface area contributed by atoms with Crippen LogP contribution in [0.2, 0.25) is 0 Å². The van der Waals surface area contributed by atoms with E-state index in [0.717, 1.165) is 0 Å². The van der Waals surface area contributed by atoms with Gasteiger partial charge in [0.15, 0.2) is 0 Å². The standard InChI is InChI=1S/C12H15N3O4/c1-8-3-2-4-9(11(8)15(18)19)14-6-5-13-7-10(14)12(16)17/h2-4,10,13H,5-7H2,1H3,(H,16,17). The Morgan fingerprint density at radius 3 is 2.95 bits per heavy atom. The lowest BCUT2D eigenvalue weighted by atomic mass is 10.1. The number of benzene rings is 1. The number of rotatable bonds is 3. The minimum atomic E-state index is -0.983. The number of carboxylic acid groups (broad SMARTS) is 1. The third kappa shape index (κ3) is 2.50. The fraction of sp³-hybridized carbons (Fsp3) is 0.417. The van der Waals surface area contributed by atoms with Crippen molar-refractivity contribution in [3.05, 3.63) is 33.9 Å². The van der Waals surface area contributed by atoms with E-state index in [1.807, 2.05) is 0 Å². The lowest BCUT2D eigenvalue weighted by Gasteiger charge is -2.35. The number of anilines is 1. The second-order valence-electron chi connectivity index (χ2n) is 4.45. The lowest BCUT2D eigenvalue weighted by Crippen LogP contribution is -2.55. The van der Waals surface area contributed by atoms with E-state index < -0.39 is 16.9 Å². The van der Waals surface area contributed by atoms with Crippen molar-refractivity contribution in [2.24, 2.45) is 0 Å². The number of nitrogens with one attached hydrogen (secondary N) is 1. The zero-order valence-corrected chi connectivity index (χ0v) is 10.5. The average molecular weight is 265 g/mol. The van der Waals surface area contributed by atoms with E-state index in [0.29, 0.717) is 24.3 Å². The van der Waals surface area contributed by atoms with Gasteiger partial charge in [-0.2, -0.15) is 0 Å². The molecule has 1 aromatic rings. The molecule has 7 heteroatoms. The number of aliphatic carboxylic acids is 1. The molecule has 0 saturated carbocycles. The summed E-state index contributed by atoms with van der Waals surface area (Å²) in [6.45, 7) is 2.97. The van der Waals surface area contributed by atoms with E-state index in [4.69, 9.17) is 0 Å². The van der Waals surface area contributed by atoms with Gasteiger partial charge in [0, 0.05) is 25.2 Å². The number of piperazine rings is 1. The third-order valence-electron chi connectivity index (χ3n) is 3.24. The summed E-state index contributed by atoms with van der Waals surface area (Å²) in [5.41, 5.74) is 0.889. The Morgan fingerprint density at radius 1 is 1.58 bits per heavy atom. The lowest BCUT2D eigenvalue weighted by molar-refractivity contribution is -0.384. The number of hydrogen-bond donors (Lipinski definition) is 2. The molecule has 1 aliphatic rings. The number of nitro groups is 1. The number of aryl methyl sites for hydroxylation is 1. The van der Waals surface area contributed by atoms with Gasteiger partial charge in [0.1, 0.15) is 11.7 Å². The van der Waals surface area contributed by atoms with Crippen LogP contribution < -0.4 is 10.2 Å². The molecule has 7 nitrogen and oxygen atoms in total. The first-order valence-electron chi connectivity index (χ1n) is 5.96. The Bertz CT molecular complexity index is 518. The molecule has 1 aliphatic heterocycles. The van der Waals surface area contributed by atoms with Crippen LogP contribution >= 0.6 is 0 Å². The molecule has 2 rings (SSSR count). The predicted octanol–water partition coefficient (Wildman–Crippen LogP) is 0.766. The first kappa shape index (κ1) is 13.3. The molecule has 1 atom stereocenters. The van der Waals surface area contributed by atoms with Crippen LogP contribution in [0.1, 0.15) is 5.56 Å². The molecule has 0 bridgehead atoms. The summed E-state index contributed by atoms with van der Waals surface area (Å²) >= 11 is 0. The van der Waals surface area contributed by atoms with E-state index in [1.54, 1.807) is 30.0 Å². The molecule has 0 aromatic heterocycles. The van der Waals surface area contributed by atoms with E-state index >= 15 is 0 Å². The zero-order chi connectivity index (χ0) is 14.0. The van der Waals surface area contributed by atoms with Gasteiger partial charge >= 0.3 is 5.97 Å². The molecular formula is C12H15N3O4. The number of carbonyl (C=O) groups is 1. The van der Waals surface area contributed by atoms with Gasteiger partial charge in [-0.15, -0.1) is 0 Å². The summed E-state index contributed by atoms with van der Waals surface area (Å²) in [6, 6.07) is 4.18. The summed E-state index contributed by atoms with van der Waals surface area (Å²) in [7, 11) is 0. The van der Waals surface area contributed by atoms with E-state index in [9.17, 15) is 20.0 Å². The van der Waals surface area contributed by atoms with Crippen LogP contribution in [0, 0.1) is 17.0 Å². The van der Waals surface area contributed by atoms with Crippen molar-refractivity contribution in [1.29, 1.82) is 0 Å². The maximum Gasteiger partial charge on any atom is 0.327 e. The van der Waals surface area contributed by atoms with Crippen molar-refractivity contribution < 1.29 is 14.8 Å². The summed E-state index contributed by atoms with van der Waals surface area (Å²) in [5.74, 6) is -0.983. The van der Waals surface area contributed by atoms with Crippen molar-refractivity contribution >= 4 is 17.3 Å². The minimum Gasteiger partial charge on any atom is -0.480 e. The number of hydrogen-bond acceptors (Lipinski definition) is 5. The van der Waals surface area contributed by atoms with E-state index in [-0.39, 0.29) is 12.2 Å². The van der Waals surface area contributed by atoms with Gasteiger partial charge in [-0.3, -0.25) is 10.1 Å². The van der Waals surface area contributed by atoms with Gasteiger partial charge in [0.25, 0.3) is 5.69 Å². The van der Waals surface area contributed by atoms with Crippen molar-refractivity contribution in [3.63, 3.8) is 0 Å². The SMILES string of the molecule is Cc1cccc(N2CCNCC2C(=O)O)c1[N+](=O)[O-]. The normalized spacial score (nSPS) is 19.2. The van der Waals surface area contributed by atoms with Crippen molar-refractivity contribution in [2.75, 3.05) is 24.5 Å². The third-order valence-corrected chi connectivity index (χ3v) is 3.24. The summed E-state index contributed by atoms with van der Waals surface area (Å²) < 4.78 is 0. The summed E-state index contributed by atoms with van der Waals surface area (Å²) in [6.07, 6.45) is 0. The quantitative estimate of drug-likeness (QED) is 0.619. The maximum absolute atomic E-state index is 11.3. The Labute approximate surface area is 110 Å². The molecule has 0 amide bonds. The van der Waals surface area contributed by atoms with E-state index in [2.05, 4.69) is 5.32 Å². The zero-order valence-electron chi connectivity index (χ0n) is 10.5. The molecule has 0 spiro atoms. The maximum atomic E-state index is 11.3. The van der Waals surface area contributed by atoms with Gasteiger partial charge in [-0.1, -0.05) is 12.1 Å². The van der Waals surface area contributed by atoms with Crippen LogP contribution in [0.15, 0.2) is 18.2 Å². The van der Waals surface area contributed by atoms with Crippen LogP contribution in [-0.4, -0.2) is 41.7 Å². The second kappa shape index (κ2) is 5.23. The number of nitro benzene ring substituents is 1. The largest absolute Gasteiger partial charge is 0.480 e. The molecule has 0 radical (unpaired) electrons. The van der Waals surface area contributed by atoms with Crippen molar-refractivity contribution in [3.8, 4) is 0 Å². The van der Waals surface area contributed by atoms with Crippen LogP contribution in [0.3, 0.4) is 0 Å². The molecule has 1 fully saturated rings. The monoisotopic (exact) mass is 265 g/mol. The fourth-order valence-corrected chi connectivity index (χ4v) is 2.33. The Hall–Kier alpha value is -2.15. The smallest absolute Gasteiger partial charge is 0.327 e. The second-order valence-corrected chi connectivity index (χ2v) is 4.45. The highest BCUT2D eigenvalue weighted by Gasteiger charge is 2.32. The van der Waals surface area contributed by atoms with Gasteiger partial charge in [-0.05, 0) is 13.0 Å². The molecule has 19 heavy (non-hydrogen) atoms. The van der Waals surface area contributed by atoms with Crippen LogP contribution in [-0.2, 0) is 4.79 Å². The molecule has 1 heterocycles. The average Bonchev–Trinajstić information content (AvgIpc) is 2.37. The molecule has 0 aliphatic carbocycles. The van der Waals surface area contributed by atoms with Crippen LogP contribution in [0.5, 0.6) is 0 Å². The Balaban J connectivity index is 2.47. The number of nitrogens with zero attached hydrogens (tertiary/aromatic N) is 2. The van der Waals surface area contributed by atoms with Crippen LogP contribution in [0.4, 0.5) is 11.4 Å². The molecular weight excluding hydrogens is 250 g/mol. The van der Waals surface area contributed by atoms with Crippen LogP contribution in [0.25, 0.3) is 0 Å². The Kier molecular flexibility index (Phi) is 3.66.